The Hall–Kier alpha value is -2.60. The van der Waals surface area contributed by atoms with Crippen molar-refractivity contribution in [2.45, 2.75) is 6.92 Å². The number of amidine groups is 1. The van der Waals surface area contributed by atoms with E-state index in [4.69, 9.17) is 0 Å². The lowest BCUT2D eigenvalue weighted by Gasteiger charge is -2.01. The SMILES string of the molecule is Cc1ccc(O)c(N=C2NC(=O)/C(=C/c3ccc(F)cc3)S2)c1. The number of carbonyl (C=O) groups is 1. The second kappa shape index (κ2) is 6.26. The Kier molecular flexibility index (Phi) is 4.16. The van der Waals surface area contributed by atoms with Crippen LogP contribution in [0.4, 0.5) is 10.1 Å². The van der Waals surface area contributed by atoms with Crippen LogP contribution in [0.1, 0.15) is 11.1 Å². The number of amides is 1. The van der Waals surface area contributed by atoms with E-state index in [1.54, 1.807) is 36.4 Å². The van der Waals surface area contributed by atoms with Crippen molar-refractivity contribution >= 4 is 34.6 Å². The number of phenols is 1. The van der Waals surface area contributed by atoms with Gasteiger partial charge in [0.2, 0.25) is 0 Å². The van der Waals surface area contributed by atoms with Crippen LogP contribution in [0.5, 0.6) is 5.75 Å². The number of benzene rings is 2. The summed E-state index contributed by atoms with van der Waals surface area (Å²) in [7, 11) is 0. The Morgan fingerprint density at radius 3 is 2.70 bits per heavy atom. The zero-order valence-corrected chi connectivity index (χ0v) is 13.0. The minimum atomic E-state index is -0.326. The predicted octanol–water partition coefficient (Wildman–Crippen LogP) is 3.73. The average molecular weight is 328 g/mol. The predicted molar refractivity (Wildman–Crippen MR) is 90.0 cm³/mol. The molecule has 2 aromatic carbocycles. The fourth-order valence-corrected chi connectivity index (χ4v) is 2.86. The van der Waals surface area contributed by atoms with E-state index in [1.165, 1.54) is 23.9 Å². The summed E-state index contributed by atoms with van der Waals surface area (Å²) in [6, 6.07) is 10.9. The molecular formula is C17H13FN2O2S. The fourth-order valence-electron chi connectivity index (χ4n) is 2.02. The van der Waals surface area contributed by atoms with Gasteiger partial charge in [-0.1, -0.05) is 18.2 Å². The second-order valence-electron chi connectivity index (χ2n) is 5.03. The number of hydrogen-bond donors (Lipinski definition) is 2. The number of thioether (sulfide) groups is 1. The van der Waals surface area contributed by atoms with Crippen molar-refractivity contribution in [1.29, 1.82) is 0 Å². The van der Waals surface area contributed by atoms with Crippen LogP contribution in [-0.4, -0.2) is 16.2 Å². The average Bonchev–Trinajstić information content (AvgIpc) is 2.85. The number of phenolic OH excluding ortho intramolecular Hbond substituents is 1. The van der Waals surface area contributed by atoms with Gasteiger partial charge >= 0.3 is 0 Å². The van der Waals surface area contributed by atoms with Gasteiger partial charge in [-0.2, -0.15) is 0 Å². The number of hydrogen-bond acceptors (Lipinski definition) is 4. The summed E-state index contributed by atoms with van der Waals surface area (Å²) < 4.78 is 12.9. The summed E-state index contributed by atoms with van der Waals surface area (Å²) >= 11 is 1.17. The first-order valence-electron chi connectivity index (χ1n) is 6.86. The normalized spacial score (nSPS) is 17.7. The Labute approximate surface area is 136 Å². The van der Waals surface area contributed by atoms with Crippen molar-refractivity contribution < 1.29 is 14.3 Å². The lowest BCUT2D eigenvalue weighted by molar-refractivity contribution is -0.115. The van der Waals surface area contributed by atoms with E-state index >= 15 is 0 Å². The molecule has 6 heteroatoms. The van der Waals surface area contributed by atoms with Crippen LogP contribution in [0, 0.1) is 12.7 Å². The lowest BCUT2D eigenvalue weighted by atomic mass is 10.2. The molecule has 2 aromatic rings. The molecule has 0 radical (unpaired) electrons. The molecule has 0 aromatic heterocycles. The van der Waals surface area contributed by atoms with E-state index in [9.17, 15) is 14.3 Å². The number of rotatable bonds is 2. The highest BCUT2D eigenvalue weighted by molar-refractivity contribution is 8.18. The first kappa shape index (κ1) is 15.3. The van der Waals surface area contributed by atoms with Crippen LogP contribution in [-0.2, 0) is 4.79 Å². The molecule has 0 aliphatic carbocycles. The molecule has 0 unspecified atom stereocenters. The Bertz CT molecular complexity index is 829. The first-order chi connectivity index (χ1) is 11.0. The third-order valence-corrected chi connectivity index (χ3v) is 4.08. The third kappa shape index (κ3) is 3.60. The number of nitrogens with zero attached hydrogens (tertiary/aromatic N) is 1. The van der Waals surface area contributed by atoms with Crippen LogP contribution in [0.2, 0.25) is 0 Å². The minimum absolute atomic E-state index is 0.0499. The summed E-state index contributed by atoms with van der Waals surface area (Å²) in [6.07, 6.45) is 1.66. The van der Waals surface area contributed by atoms with Gasteiger partial charge in [0.25, 0.3) is 5.91 Å². The van der Waals surface area contributed by atoms with Crippen molar-refractivity contribution in [2.75, 3.05) is 0 Å². The van der Waals surface area contributed by atoms with Crippen LogP contribution < -0.4 is 5.32 Å². The summed E-state index contributed by atoms with van der Waals surface area (Å²) in [5.74, 6) is -0.549. The zero-order chi connectivity index (χ0) is 16.4. The maximum absolute atomic E-state index is 12.9. The highest BCUT2D eigenvalue weighted by Gasteiger charge is 2.24. The molecule has 23 heavy (non-hydrogen) atoms. The Morgan fingerprint density at radius 1 is 1.22 bits per heavy atom. The van der Waals surface area contributed by atoms with Gasteiger partial charge in [-0.25, -0.2) is 9.38 Å². The number of carbonyl (C=O) groups excluding carboxylic acids is 1. The smallest absolute Gasteiger partial charge is 0.264 e. The lowest BCUT2D eigenvalue weighted by Crippen LogP contribution is -2.19. The number of halogens is 1. The molecule has 116 valence electrons. The van der Waals surface area contributed by atoms with Crippen molar-refractivity contribution in [3.63, 3.8) is 0 Å². The monoisotopic (exact) mass is 328 g/mol. The summed E-state index contributed by atoms with van der Waals surface area (Å²) in [4.78, 5) is 16.7. The van der Waals surface area contributed by atoms with Gasteiger partial charge in [-0.05, 0) is 60.2 Å². The molecule has 1 saturated heterocycles. The quantitative estimate of drug-likeness (QED) is 0.826. The van der Waals surface area contributed by atoms with E-state index < -0.39 is 0 Å². The number of aromatic hydroxyl groups is 1. The van der Waals surface area contributed by atoms with Gasteiger partial charge in [0.05, 0.1) is 4.91 Å². The summed E-state index contributed by atoms with van der Waals surface area (Å²) in [6.45, 7) is 1.89. The van der Waals surface area contributed by atoms with Gasteiger partial charge in [0, 0.05) is 0 Å². The first-order valence-corrected chi connectivity index (χ1v) is 7.68. The molecule has 3 rings (SSSR count). The molecule has 1 amide bonds. The van der Waals surface area contributed by atoms with Crippen LogP contribution in [0.3, 0.4) is 0 Å². The third-order valence-electron chi connectivity index (χ3n) is 3.17. The van der Waals surface area contributed by atoms with Crippen LogP contribution >= 0.6 is 11.8 Å². The van der Waals surface area contributed by atoms with E-state index in [1.807, 2.05) is 6.92 Å². The van der Waals surface area contributed by atoms with Gasteiger partial charge < -0.3 is 10.4 Å². The molecule has 0 bridgehead atoms. The molecular weight excluding hydrogens is 315 g/mol. The molecule has 1 aliphatic heterocycles. The van der Waals surface area contributed by atoms with Gasteiger partial charge in [-0.15, -0.1) is 0 Å². The molecule has 0 atom stereocenters. The van der Waals surface area contributed by atoms with E-state index in [2.05, 4.69) is 10.3 Å². The molecule has 1 aliphatic rings. The molecule has 0 spiro atoms. The van der Waals surface area contributed by atoms with Crippen molar-refractivity contribution in [1.82, 2.24) is 5.32 Å². The van der Waals surface area contributed by atoms with Crippen molar-refractivity contribution in [2.24, 2.45) is 4.99 Å². The molecule has 0 saturated carbocycles. The molecule has 1 fully saturated rings. The molecule has 2 N–H and O–H groups in total. The van der Waals surface area contributed by atoms with Gasteiger partial charge in [0.15, 0.2) is 5.17 Å². The van der Waals surface area contributed by atoms with Crippen LogP contribution in [0.25, 0.3) is 6.08 Å². The zero-order valence-electron chi connectivity index (χ0n) is 12.2. The maximum Gasteiger partial charge on any atom is 0.264 e. The highest BCUT2D eigenvalue weighted by atomic mass is 32.2. The molecule has 4 nitrogen and oxygen atoms in total. The maximum atomic E-state index is 12.9. The van der Waals surface area contributed by atoms with Crippen LogP contribution in [0.15, 0.2) is 52.4 Å². The highest BCUT2D eigenvalue weighted by Crippen LogP contribution is 2.32. The number of nitrogens with one attached hydrogen (secondary N) is 1. The molecule has 1 heterocycles. The minimum Gasteiger partial charge on any atom is -0.506 e. The Balaban J connectivity index is 1.86. The second-order valence-corrected chi connectivity index (χ2v) is 6.06. The summed E-state index contributed by atoms with van der Waals surface area (Å²) in [5, 5.41) is 12.9. The number of aliphatic imine (C=N–C) groups is 1. The topological polar surface area (TPSA) is 61.7 Å². The van der Waals surface area contributed by atoms with Gasteiger partial charge in [-0.3, -0.25) is 4.79 Å². The van der Waals surface area contributed by atoms with Crippen molar-refractivity contribution in [3.8, 4) is 5.75 Å². The number of aryl methyl sites for hydroxylation is 1. The van der Waals surface area contributed by atoms with Gasteiger partial charge in [0.1, 0.15) is 17.3 Å². The summed E-state index contributed by atoms with van der Waals surface area (Å²) in [5.41, 5.74) is 2.08. The largest absolute Gasteiger partial charge is 0.506 e. The van der Waals surface area contributed by atoms with E-state index in [0.29, 0.717) is 15.8 Å². The van der Waals surface area contributed by atoms with E-state index in [0.717, 1.165) is 11.1 Å². The Morgan fingerprint density at radius 2 is 1.96 bits per heavy atom. The fraction of sp³-hybridized carbons (Fsp3) is 0.0588. The van der Waals surface area contributed by atoms with E-state index in [-0.39, 0.29) is 17.5 Å². The standard InChI is InChI=1S/C17H13FN2O2S/c1-10-2-7-14(21)13(8-10)19-17-20-16(22)15(23-17)9-11-3-5-12(18)6-4-11/h2-9,21H,1H3,(H,19,20,22)/b15-9-. The van der Waals surface area contributed by atoms with Crippen molar-refractivity contribution in [3.05, 3.63) is 64.3 Å².